The lowest BCUT2D eigenvalue weighted by atomic mass is 10.1. The molecule has 0 bridgehead atoms. The summed E-state index contributed by atoms with van der Waals surface area (Å²) in [4.78, 5) is 84.3. The third-order valence-corrected chi connectivity index (χ3v) is 5.70. The van der Waals surface area contributed by atoms with Crippen LogP contribution in [0.2, 0.25) is 0 Å². The van der Waals surface area contributed by atoms with Crippen molar-refractivity contribution in [2.75, 3.05) is 19.6 Å². The number of unbranched alkanes of at least 4 members (excludes halogenated alkanes) is 4. The van der Waals surface area contributed by atoms with Crippen LogP contribution in [0.1, 0.15) is 58.3 Å². The number of ketones is 1. The topological polar surface area (TPSA) is 150 Å². The number of amides is 6. The van der Waals surface area contributed by atoms with Crippen LogP contribution in [0.5, 0.6) is 0 Å². The van der Waals surface area contributed by atoms with Gasteiger partial charge in [-0.1, -0.05) is 12.8 Å². The van der Waals surface area contributed by atoms with Crippen molar-refractivity contribution >= 4 is 41.2 Å². The van der Waals surface area contributed by atoms with Gasteiger partial charge in [0.1, 0.15) is 6.04 Å². The normalized spacial score (nSPS) is 15.8. The van der Waals surface area contributed by atoms with Gasteiger partial charge in [-0.15, -0.1) is 0 Å². The largest absolute Gasteiger partial charge is 0.354 e. The Labute approximate surface area is 203 Å². The summed E-state index contributed by atoms with van der Waals surface area (Å²) in [6.45, 7) is 1.95. The standard InChI is InChI=1S/C24H32N4O7/c1-17(29)18(26-20(31)9-5-3-7-15-28-23(34)12-13-24(28)35)16-25-19(30)8-4-2-6-14-27-21(32)10-11-22(27)33/h10-13,18H,2-9,14-16H2,1H3,(H,25,30)(H,26,31). The minimum Gasteiger partial charge on any atom is -0.354 e. The summed E-state index contributed by atoms with van der Waals surface area (Å²) in [5, 5.41) is 5.28. The van der Waals surface area contributed by atoms with Crippen molar-refractivity contribution < 1.29 is 33.6 Å². The second kappa shape index (κ2) is 13.9. The van der Waals surface area contributed by atoms with Crippen molar-refractivity contribution in [3.8, 4) is 0 Å². The molecular weight excluding hydrogens is 456 g/mol. The summed E-state index contributed by atoms with van der Waals surface area (Å²) in [5.41, 5.74) is 0. The van der Waals surface area contributed by atoms with Crippen molar-refractivity contribution in [3.05, 3.63) is 24.3 Å². The molecule has 2 aliphatic rings. The first-order valence-corrected chi connectivity index (χ1v) is 11.8. The lowest BCUT2D eigenvalue weighted by Crippen LogP contribution is -2.47. The second-order valence-corrected chi connectivity index (χ2v) is 8.48. The minimum absolute atomic E-state index is 0.00542. The molecule has 0 radical (unpaired) electrons. The van der Waals surface area contributed by atoms with E-state index in [1.54, 1.807) is 0 Å². The van der Waals surface area contributed by atoms with Gasteiger partial charge >= 0.3 is 0 Å². The van der Waals surface area contributed by atoms with Gasteiger partial charge < -0.3 is 10.6 Å². The van der Waals surface area contributed by atoms with E-state index in [2.05, 4.69) is 10.6 Å². The molecule has 0 saturated heterocycles. The molecule has 0 aromatic carbocycles. The Bertz CT molecular complexity index is 889. The van der Waals surface area contributed by atoms with Crippen molar-refractivity contribution in [1.29, 1.82) is 0 Å². The number of nitrogens with zero attached hydrogens (tertiary/aromatic N) is 2. The Hall–Kier alpha value is -3.63. The van der Waals surface area contributed by atoms with E-state index in [0.29, 0.717) is 51.6 Å². The Morgan fingerprint density at radius 2 is 1.11 bits per heavy atom. The van der Waals surface area contributed by atoms with Crippen LogP contribution in [0.4, 0.5) is 0 Å². The maximum Gasteiger partial charge on any atom is 0.253 e. The van der Waals surface area contributed by atoms with Crippen LogP contribution in [0.15, 0.2) is 24.3 Å². The molecule has 2 heterocycles. The molecule has 0 saturated carbocycles. The van der Waals surface area contributed by atoms with Gasteiger partial charge in [-0.2, -0.15) is 0 Å². The molecule has 2 N–H and O–H groups in total. The van der Waals surface area contributed by atoms with E-state index in [1.165, 1.54) is 31.2 Å². The molecular formula is C24H32N4O7. The Kier molecular flexibility index (Phi) is 11.0. The van der Waals surface area contributed by atoms with E-state index in [-0.39, 0.29) is 60.6 Å². The highest BCUT2D eigenvalue weighted by Gasteiger charge is 2.23. The predicted octanol–water partition coefficient (Wildman–Crippen LogP) is 0.147. The molecule has 2 aliphatic heterocycles. The molecule has 0 fully saturated rings. The number of imide groups is 2. The minimum atomic E-state index is -0.822. The van der Waals surface area contributed by atoms with Crippen LogP contribution in [-0.2, 0) is 33.6 Å². The van der Waals surface area contributed by atoms with Crippen LogP contribution in [0.25, 0.3) is 0 Å². The molecule has 0 spiro atoms. The van der Waals surface area contributed by atoms with Gasteiger partial charge in [0.05, 0.1) is 0 Å². The molecule has 190 valence electrons. The zero-order valence-electron chi connectivity index (χ0n) is 19.9. The van der Waals surface area contributed by atoms with Crippen molar-refractivity contribution in [1.82, 2.24) is 20.4 Å². The molecule has 0 aliphatic carbocycles. The zero-order valence-corrected chi connectivity index (χ0v) is 19.9. The summed E-state index contributed by atoms with van der Waals surface area (Å²) in [6.07, 6.45) is 8.95. The maximum absolute atomic E-state index is 12.2. The smallest absolute Gasteiger partial charge is 0.253 e. The Morgan fingerprint density at radius 3 is 1.54 bits per heavy atom. The fourth-order valence-corrected chi connectivity index (χ4v) is 3.63. The summed E-state index contributed by atoms with van der Waals surface area (Å²) in [5.74, 6) is -2.13. The van der Waals surface area contributed by atoms with E-state index in [1.807, 2.05) is 0 Å². The molecule has 1 atom stereocenters. The summed E-state index contributed by atoms with van der Waals surface area (Å²) in [6, 6.07) is -0.822. The summed E-state index contributed by atoms with van der Waals surface area (Å²) >= 11 is 0. The SMILES string of the molecule is CC(=O)C(CNC(=O)CCCCCN1C(=O)C=CC1=O)NC(=O)CCCCCN1C(=O)C=CC1=O. The fourth-order valence-electron chi connectivity index (χ4n) is 3.63. The quantitative estimate of drug-likeness (QED) is 0.232. The van der Waals surface area contributed by atoms with Crippen molar-refractivity contribution in [2.24, 2.45) is 0 Å². The van der Waals surface area contributed by atoms with Gasteiger partial charge in [0.2, 0.25) is 11.8 Å². The third kappa shape index (κ3) is 9.26. The highest BCUT2D eigenvalue weighted by Crippen LogP contribution is 2.09. The van der Waals surface area contributed by atoms with Crippen molar-refractivity contribution in [3.63, 3.8) is 0 Å². The van der Waals surface area contributed by atoms with Gasteiger partial charge in [0.25, 0.3) is 23.6 Å². The van der Waals surface area contributed by atoms with Crippen LogP contribution >= 0.6 is 0 Å². The summed E-state index contributed by atoms with van der Waals surface area (Å²) < 4.78 is 0. The first-order chi connectivity index (χ1) is 16.7. The van der Waals surface area contributed by atoms with Crippen LogP contribution in [0.3, 0.4) is 0 Å². The molecule has 1 unspecified atom stereocenters. The number of carbonyl (C=O) groups excluding carboxylic acids is 7. The lowest BCUT2D eigenvalue weighted by Gasteiger charge is -2.17. The van der Waals surface area contributed by atoms with E-state index in [4.69, 9.17) is 0 Å². The first kappa shape index (κ1) is 27.6. The van der Waals surface area contributed by atoms with Gasteiger partial charge in [-0.05, 0) is 32.6 Å². The molecule has 0 aromatic heterocycles. The predicted molar refractivity (Wildman–Crippen MR) is 124 cm³/mol. The van der Waals surface area contributed by atoms with Gasteiger partial charge in [0, 0.05) is 56.8 Å². The van der Waals surface area contributed by atoms with Gasteiger partial charge in [-0.25, -0.2) is 0 Å². The van der Waals surface area contributed by atoms with Crippen molar-refractivity contribution in [2.45, 2.75) is 64.3 Å². The van der Waals surface area contributed by atoms with E-state index in [0.717, 1.165) is 9.80 Å². The maximum atomic E-state index is 12.2. The molecule has 35 heavy (non-hydrogen) atoms. The lowest BCUT2D eigenvalue weighted by molar-refractivity contribution is -0.138. The fraction of sp³-hybridized carbons (Fsp3) is 0.542. The molecule has 11 nitrogen and oxygen atoms in total. The number of Topliss-reactive ketones (excluding diaryl/α,β-unsaturated/α-hetero) is 1. The average Bonchev–Trinajstić information content (AvgIpc) is 3.30. The van der Waals surface area contributed by atoms with Crippen LogP contribution < -0.4 is 10.6 Å². The average molecular weight is 489 g/mol. The highest BCUT2D eigenvalue weighted by molar-refractivity contribution is 6.13. The van der Waals surface area contributed by atoms with Gasteiger partial charge in [-0.3, -0.25) is 43.4 Å². The number of nitrogens with one attached hydrogen (secondary N) is 2. The summed E-state index contributed by atoms with van der Waals surface area (Å²) in [7, 11) is 0. The number of hydrogen-bond acceptors (Lipinski definition) is 7. The Morgan fingerprint density at radius 1 is 0.686 bits per heavy atom. The van der Waals surface area contributed by atoms with E-state index < -0.39 is 6.04 Å². The Balaban J connectivity index is 1.55. The molecule has 6 amide bonds. The monoisotopic (exact) mass is 488 g/mol. The zero-order chi connectivity index (χ0) is 25.8. The second-order valence-electron chi connectivity index (χ2n) is 8.48. The first-order valence-electron chi connectivity index (χ1n) is 11.8. The molecule has 2 rings (SSSR count). The van der Waals surface area contributed by atoms with Crippen LogP contribution in [0, 0.1) is 0 Å². The van der Waals surface area contributed by atoms with Crippen LogP contribution in [-0.4, -0.2) is 76.7 Å². The molecule has 11 heteroatoms. The highest BCUT2D eigenvalue weighted by atomic mass is 16.2. The number of carbonyl (C=O) groups is 7. The number of hydrogen-bond donors (Lipinski definition) is 2. The third-order valence-electron chi connectivity index (χ3n) is 5.70. The van der Waals surface area contributed by atoms with E-state index >= 15 is 0 Å². The van der Waals surface area contributed by atoms with E-state index in [9.17, 15) is 33.6 Å². The number of rotatable bonds is 16. The molecule has 0 aromatic rings. The van der Waals surface area contributed by atoms with Gasteiger partial charge in [0.15, 0.2) is 5.78 Å².